The summed E-state index contributed by atoms with van der Waals surface area (Å²) in [5, 5.41) is 10.4. The molecule has 6 nitrogen and oxygen atoms in total. The fraction of sp³-hybridized carbons (Fsp3) is 0.375. The van der Waals surface area contributed by atoms with Crippen molar-refractivity contribution < 1.29 is 40.7 Å². The van der Waals surface area contributed by atoms with Crippen LogP contribution in [0.2, 0.25) is 0 Å². The number of halogens is 6. The van der Waals surface area contributed by atoms with Gasteiger partial charge in [-0.25, -0.2) is 0 Å². The maximum Gasteiger partial charge on any atom is 0.573 e. The maximum atomic E-state index is 12.6. The van der Waals surface area contributed by atoms with Crippen LogP contribution in [0.1, 0.15) is 5.69 Å². The van der Waals surface area contributed by atoms with E-state index < -0.39 is 40.5 Å². The Morgan fingerprint density at radius 3 is 2.15 bits per heavy atom. The van der Waals surface area contributed by atoms with Crippen LogP contribution in [0.4, 0.5) is 32.2 Å². The van der Waals surface area contributed by atoms with Crippen molar-refractivity contribution >= 4 is 5.82 Å². The Morgan fingerprint density at radius 1 is 1.25 bits per heavy atom. The van der Waals surface area contributed by atoms with E-state index in [0.29, 0.717) is 0 Å². The van der Waals surface area contributed by atoms with Crippen LogP contribution >= 0.6 is 0 Å². The van der Waals surface area contributed by atoms with Crippen molar-refractivity contribution in [1.29, 1.82) is 0 Å². The molecule has 0 spiro atoms. The van der Waals surface area contributed by atoms with Crippen LogP contribution in [0.15, 0.2) is 6.07 Å². The highest BCUT2D eigenvalue weighted by atomic mass is 19.4. The molecule has 112 valence electrons. The quantitative estimate of drug-likeness (QED) is 0.487. The lowest BCUT2D eigenvalue weighted by Gasteiger charge is -2.14. The summed E-state index contributed by atoms with van der Waals surface area (Å²) in [4.78, 5) is 11.6. The number of methoxy groups -OCH3 is 1. The van der Waals surface area contributed by atoms with Gasteiger partial charge in [0.15, 0.2) is 5.75 Å². The summed E-state index contributed by atoms with van der Waals surface area (Å²) >= 11 is 0. The van der Waals surface area contributed by atoms with E-state index in [1.54, 1.807) is 0 Å². The second kappa shape index (κ2) is 5.02. The summed E-state index contributed by atoms with van der Waals surface area (Å²) in [5.41, 5.74) is -2.21. The predicted octanol–water partition coefficient (Wildman–Crippen LogP) is 2.92. The van der Waals surface area contributed by atoms with Gasteiger partial charge in [-0.15, -0.1) is 13.2 Å². The average molecular weight is 306 g/mol. The highest BCUT2D eigenvalue weighted by molar-refractivity contribution is 5.49. The Morgan fingerprint density at radius 2 is 1.80 bits per heavy atom. The molecule has 0 fully saturated rings. The van der Waals surface area contributed by atoms with Crippen LogP contribution in [0.3, 0.4) is 0 Å². The van der Waals surface area contributed by atoms with Gasteiger partial charge in [-0.3, -0.25) is 0 Å². The number of nitrogens with zero attached hydrogens (tertiary/aromatic N) is 2. The number of pyridine rings is 1. The van der Waals surface area contributed by atoms with E-state index in [1.807, 2.05) is 0 Å². The average Bonchev–Trinajstić information content (AvgIpc) is 2.25. The molecule has 1 aromatic heterocycles. The molecular weight excluding hydrogens is 302 g/mol. The predicted molar refractivity (Wildman–Crippen MR) is 49.1 cm³/mol. The number of hydrogen-bond acceptors (Lipinski definition) is 5. The summed E-state index contributed by atoms with van der Waals surface area (Å²) < 4.78 is 81.5. The fourth-order valence-corrected chi connectivity index (χ4v) is 1.15. The number of nitro groups is 1. The number of hydrogen-bond donors (Lipinski definition) is 0. The molecule has 0 saturated heterocycles. The summed E-state index contributed by atoms with van der Waals surface area (Å²) in [6, 6.07) is 0.288. The van der Waals surface area contributed by atoms with Gasteiger partial charge in [0.1, 0.15) is 0 Å². The van der Waals surface area contributed by atoms with E-state index in [1.165, 1.54) is 0 Å². The van der Waals surface area contributed by atoms with Gasteiger partial charge in [-0.05, 0) is 9.91 Å². The van der Waals surface area contributed by atoms with E-state index in [2.05, 4.69) is 14.5 Å². The molecule has 0 N–H and O–H groups in total. The lowest BCUT2D eigenvalue weighted by molar-refractivity contribution is -0.390. The number of aromatic nitrogens is 1. The minimum Gasteiger partial charge on any atom is -0.492 e. The zero-order valence-corrected chi connectivity index (χ0v) is 9.37. The molecule has 12 heteroatoms. The van der Waals surface area contributed by atoms with Crippen LogP contribution in [0, 0.1) is 10.1 Å². The number of rotatable bonds is 3. The van der Waals surface area contributed by atoms with Gasteiger partial charge in [-0.2, -0.15) is 13.2 Å². The van der Waals surface area contributed by atoms with Crippen LogP contribution in [-0.2, 0) is 6.18 Å². The molecule has 1 rings (SSSR count). The fourth-order valence-electron chi connectivity index (χ4n) is 1.15. The lowest BCUT2D eigenvalue weighted by Crippen LogP contribution is -2.22. The Labute approximate surface area is 106 Å². The molecule has 0 aliphatic carbocycles. The maximum absolute atomic E-state index is 12.6. The summed E-state index contributed by atoms with van der Waals surface area (Å²) in [6.45, 7) is 0. The highest BCUT2D eigenvalue weighted by Gasteiger charge is 2.47. The van der Waals surface area contributed by atoms with Crippen molar-refractivity contribution in [2.75, 3.05) is 7.11 Å². The summed E-state index contributed by atoms with van der Waals surface area (Å²) in [5.74, 6) is -4.24. The van der Waals surface area contributed by atoms with E-state index >= 15 is 0 Å². The zero-order chi connectivity index (χ0) is 15.7. The monoisotopic (exact) mass is 306 g/mol. The van der Waals surface area contributed by atoms with Gasteiger partial charge in [0.2, 0.25) is 5.75 Å². The van der Waals surface area contributed by atoms with Crippen molar-refractivity contribution in [1.82, 2.24) is 4.98 Å². The molecule has 0 aliphatic heterocycles. The molecule has 0 aromatic carbocycles. The van der Waals surface area contributed by atoms with E-state index in [4.69, 9.17) is 0 Å². The molecule has 20 heavy (non-hydrogen) atoms. The third-order valence-corrected chi connectivity index (χ3v) is 1.82. The van der Waals surface area contributed by atoms with Crippen LogP contribution < -0.4 is 9.47 Å². The van der Waals surface area contributed by atoms with Gasteiger partial charge in [-0.1, -0.05) is 0 Å². The van der Waals surface area contributed by atoms with Crippen molar-refractivity contribution in [3.63, 3.8) is 0 Å². The second-order valence-corrected chi connectivity index (χ2v) is 3.16. The Hall–Kier alpha value is -2.27. The lowest BCUT2D eigenvalue weighted by atomic mass is 10.3. The topological polar surface area (TPSA) is 74.5 Å². The molecule has 0 atom stereocenters. The van der Waals surface area contributed by atoms with Crippen LogP contribution in [0.25, 0.3) is 0 Å². The van der Waals surface area contributed by atoms with Crippen LogP contribution in [-0.4, -0.2) is 23.4 Å². The van der Waals surface area contributed by atoms with Gasteiger partial charge in [0.05, 0.1) is 13.2 Å². The van der Waals surface area contributed by atoms with E-state index in [9.17, 15) is 36.5 Å². The van der Waals surface area contributed by atoms with E-state index in [0.717, 1.165) is 7.11 Å². The van der Waals surface area contributed by atoms with Crippen molar-refractivity contribution in [2.45, 2.75) is 12.5 Å². The summed E-state index contributed by atoms with van der Waals surface area (Å²) in [6.07, 6.45) is -10.9. The molecular formula is C8H4F6N2O4. The standard InChI is InChI=1S/C8H4F6N2O4/c1-19-3-2-4(16(17)18)15-6(7(9,10)11)5(3)20-8(12,13)14/h2H,1H3. The summed E-state index contributed by atoms with van der Waals surface area (Å²) in [7, 11) is 0.725. The first kappa shape index (κ1) is 15.8. The molecule has 0 amide bonds. The minimum atomic E-state index is -5.45. The third kappa shape index (κ3) is 3.61. The Balaban J connectivity index is 3.57. The van der Waals surface area contributed by atoms with Gasteiger partial charge < -0.3 is 19.6 Å². The normalized spacial score (nSPS) is 12.2. The Bertz CT molecular complexity index is 527. The van der Waals surface area contributed by atoms with Gasteiger partial charge >= 0.3 is 24.1 Å². The van der Waals surface area contributed by atoms with Gasteiger partial charge in [0, 0.05) is 0 Å². The number of alkyl halides is 6. The largest absolute Gasteiger partial charge is 0.573 e. The van der Waals surface area contributed by atoms with Crippen molar-refractivity contribution in [2.24, 2.45) is 0 Å². The third-order valence-electron chi connectivity index (χ3n) is 1.82. The molecule has 1 heterocycles. The first-order valence-electron chi connectivity index (χ1n) is 4.52. The minimum absolute atomic E-state index is 0.288. The molecule has 0 bridgehead atoms. The Kier molecular flexibility index (Phi) is 3.96. The molecule has 0 aliphatic rings. The van der Waals surface area contributed by atoms with Crippen molar-refractivity contribution in [3.05, 3.63) is 21.9 Å². The molecule has 0 saturated carbocycles. The van der Waals surface area contributed by atoms with Crippen LogP contribution in [0.5, 0.6) is 11.5 Å². The van der Waals surface area contributed by atoms with E-state index in [-0.39, 0.29) is 6.07 Å². The highest BCUT2D eigenvalue weighted by Crippen LogP contribution is 2.44. The second-order valence-electron chi connectivity index (χ2n) is 3.16. The van der Waals surface area contributed by atoms with Crippen molar-refractivity contribution in [3.8, 4) is 11.5 Å². The SMILES string of the molecule is COc1cc([N+](=O)[O-])nc(C(F)(F)F)c1OC(F)(F)F. The molecule has 1 aromatic rings. The zero-order valence-electron chi connectivity index (χ0n) is 9.37. The van der Waals surface area contributed by atoms with Gasteiger partial charge in [0.25, 0.3) is 0 Å². The first-order valence-corrected chi connectivity index (χ1v) is 4.52. The smallest absolute Gasteiger partial charge is 0.492 e. The first-order chi connectivity index (χ1) is 8.95. The molecule has 0 radical (unpaired) electrons. The number of ether oxygens (including phenoxy) is 2. The molecule has 0 unspecified atom stereocenters.